The minimum absolute atomic E-state index is 0.00296. The normalized spacial score (nSPS) is 19.3. The molecule has 0 unspecified atom stereocenters. The highest BCUT2D eigenvalue weighted by atomic mass is 16.4. The second-order valence-electron chi connectivity index (χ2n) is 9.29. The maximum Gasteiger partial charge on any atom is 0.195 e. The van der Waals surface area contributed by atoms with Gasteiger partial charge in [0.1, 0.15) is 11.6 Å². The largest absolute Gasteiger partial charge is 0.444 e. The number of piperidine rings is 1. The van der Waals surface area contributed by atoms with Crippen LogP contribution in [0.5, 0.6) is 0 Å². The molecule has 27 heavy (non-hydrogen) atoms. The van der Waals surface area contributed by atoms with Gasteiger partial charge in [-0.2, -0.15) is 0 Å². The lowest BCUT2D eigenvalue weighted by molar-refractivity contribution is 0.223. The van der Waals surface area contributed by atoms with Crippen LogP contribution in [0.15, 0.2) is 22.7 Å². The van der Waals surface area contributed by atoms with Crippen LogP contribution in [0.1, 0.15) is 63.4 Å². The molecule has 4 rings (SSSR count). The third kappa shape index (κ3) is 4.18. The van der Waals surface area contributed by atoms with Gasteiger partial charge in [0.05, 0.1) is 6.54 Å². The molecule has 0 bridgehead atoms. The quantitative estimate of drug-likeness (QED) is 0.814. The molecule has 0 spiro atoms. The van der Waals surface area contributed by atoms with Crippen molar-refractivity contribution < 1.29 is 4.42 Å². The smallest absolute Gasteiger partial charge is 0.195 e. The van der Waals surface area contributed by atoms with E-state index in [1.165, 1.54) is 24.1 Å². The maximum atomic E-state index is 6.17. The summed E-state index contributed by atoms with van der Waals surface area (Å²) in [5.41, 5.74) is 2.47. The standard InChI is InChI=1S/C22H32N4O/c1-16-7-11-26(12-8-16)20-6-5-18(27-20)15-25-10-9-19-17(14-25)13-23-21(24-19)22(2,3)4/h5-6,13,16H,7-12,14-15H2,1-4H3. The highest BCUT2D eigenvalue weighted by molar-refractivity contribution is 5.37. The van der Waals surface area contributed by atoms with E-state index < -0.39 is 0 Å². The summed E-state index contributed by atoms with van der Waals surface area (Å²) in [4.78, 5) is 14.3. The molecule has 2 aromatic rings. The Kier molecular flexibility index (Phi) is 4.97. The summed E-state index contributed by atoms with van der Waals surface area (Å²) in [6.07, 6.45) is 5.53. The lowest BCUT2D eigenvalue weighted by atomic mass is 9.95. The van der Waals surface area contributed by atoms with Gasteiger partial charge < -0.3 is 9.32 Å². The molecule has 0 aromatic carbocycles. The zero-order valence-corrected chi connectivity index (χ0v) is 17.2. The first kappa shape index (κ1) is 18.5. The van der Waals surface area contributed by atoms with Crippen molar-refractivity contribution in [2.24, 2.45) is 5.92 Å². The van der Waals surface area contributed by atoms with Crippen LogP contribution in [0.4, 0.5) is 5.88 Å². The van der Waals surface area contributed by atoms with Crippen molar-refractivity contribution >= 4 is 5.88 Å². The Morgan fingerprint density at radius 3 is 2.67 bits per heavy atom. The number of hydrogen-bond donors (Lipinski definition) is 0. The number of fused-ring (bicyclic) bond motifs is 1. The Morgan fingerprint density at radius 2 is 1.93 bits per heavy atom. The Bertz CT molecular complexity index is 784. The second-order valence-corrected chi connectivity index (χ2v) is 9.29. The molecule has 1 fully saturated rings. The van der Waals surface area contributed by atoms with E-state index in [1.54, 1.807) is 0 Å². The van der Waals surface area contributed by atoms with Crippen LogP contribution in [0.2, 0.25) is 0 Å². The zero-order valence-electron chi connectivity index (χ0n) is 17.2. The van der Waals surface area contributed by atoms with Gasteiger partial charge in [0, 0.05) is 61.5 Å². The monoisotopic (exact) mass is 368 g/mol. The molecule has 2 aromatic heterocycles. The Hall–Kier alpha value is -1.88. The molecular formula is C22H32N4O. The van der Waals surface area contributed by atoms with Crippen molar-refractivity contribution in [3.05, 3.63) is 41.2 Å². The van der Waals surface area contributed by atoms with Crippen molar-refractivity contribution in [3.8, 4) is 0 Å². The van der Waals surface area contributed by atoms with Crippen molar-refractivity contribution in [2.45, 2.75) is 65.5 Å². The SMILES string of the molecule is CC1CCN(c2ccc(CN3CCc4nc(C(C)(C)C)ncc4C3)o2)CC1. The van der Waals surface area contributed by atoms with Gasteiger partial charge in [-0.1, -0.05) is 27.7 Å². The lowest BCUT2D eigenvalue weighted by Gasteiger charge is -2.30. The summed E-state index contributed by atoms with van der Waals surface area (Å²) >= 11 is 0. The summed E-state index contributed by atoms with van der Waals surface area (Å²) in [6, 6.07) is 4.28. The van der Waals surface area contributed by atoms with E-state index in [9.17, 15) is 0 Å². The predicted molar refractivity (Wildman–Crippen MR) is 108 cm³/mol. The number of rotatable bonds is 3. The Balaban J connectivity index is 1.39. The van der Waals surface area contributed by atoms with E-state index in [-0.39, 0.29) is 5.41 Å². The number of hydrogen-bond acceptors (Lipinski definition) is 5. The molecule has 2 aliphatic heterocycles. The van der Waals surface area contributed by atoms with E-state index in [0.717, 1.165) is 62.5 Å². The average molecular weight is 369 g/mol. The molecule has 0 radical (unpaired) electrons. The van der Waals surface area contributed by atoms with Crippen LogP contribution in [0.3, 0.4) is 0 Å². The van der Waals surface area contributed by atoms with E-state index >= 15 is 0 Å². The molecule has 0 amide bonds. The predicted octanol–water partition coefficient (Wildman–Crippen LogP) is 4.16. The van der Waals surface area contributed by atoms with E-state index in [4.69, 9.17) is 9.40 Å². The summed E-state index contributed by atoms with van der Waals surface area (Å²) in [6.45, 7) is 13.8. The molecule has 146 valence electrons. The summed E-state index contributed by atoms with van der Waals surface area (Å²) in [7, 11) is 0. The van der Waals surface area contributed by atoms with Gasteiger partial charge in [0.2, 0.25) is 0 Å². The molecule has 5 nitrogen and oxygen atoms in total. The van der Waals surface area contributed by atoms with Crippen LogP contribution >= 0.6 is 0 Å². The fourth-order valence-corrected chi connectivity index (χ4v) is 3.94. The van der Waals surface area contributed by atoms with Crippen LogP contribution in [-0.4, -0.2) is 34.5 Å². The minimum atomic E-state index is 0.00296. The van der Waals surface area contributed by atoms with E-state index in [2.05, 4.69) is 54.6 Å². The minimum Gasteiger partial charge on any atom is -0.444 e. The molecule has 2 aliphatic rings. The topological polar surface area (TPSA) is 45.4 Å². The number of anilines is 1. The van der Waals surface area contributed by atoms with Crippen molar-refractivity contribution in [1.29, 1.82) is 0 Å². The summed E-state index contributed by atoms with van der Waals surface area (Å²) in [5.74, 6) is 3.87. The maximum absolute atomic E-state index is 6.17. The van der Waals surface area contributed by atoms with Gasteiger partial charge in [-0.05, 0) is 24.8 Å². The fourth-order valence-electron chi connectivity index (χ4n) is 3.94. The van der Waals surface area contributed by atoms with Gasteiger partial charge in [-0.15, -0.1) is 0 Å². The molecule has 0 N–H and O–H groups in total. The highest BCUT2D eigenvalue weighted by Gasteiger charge is 2.24. The molecule has 1 saturated heterocycles. The van der Waals surface area contributed by atoms with Gasteiger partial charge in [0.15, 0.2) is 5.88 Å². The molecule has 5 heteroatoms. The summed E-state index contributed by atoms with van der Waals surface area (Å²) < 4.78 is 6.17. The van der Waals surface area contributed by atoms with Gasteiger partial charge in [-0.25, -0.2) is 9.97 Å². The third-order valence-electron chi connectivity index (χ3n) is 5.81. The number of aromatic nitrogens is 2. The first-order valence-electron chi connectivity index (χ1n) is 10.3. The van der Waals surface area contributed by atoms with E-state index in [0.29, 0.717) is 0 Å². The van der Waals surface area contributed by atoms with Gasteiger partial charge in [-0.3, -0.25) is 4.90 Å². The van der Waals surface area contributed by atoms with Crippen molar-refractivity contribution in [3.63, 3.8) is 0 Å². The van der Waals surface area contributed by atoms with Crippen LogP contribution in [-0.2, 0) is 24.9 Å². The Labute approximate surface area is 162 Å². The Morgan fingerprint density at radius 1 is 1.15 bits per heavy atom. The molecule has 0 saturated carbocycles. The molecular weight excluding hydrogens is 336 g/mol. The molecule has 0 aliphatic carbocycles. The fraction of sp³-hybridized carbons (Fsp3) is 0.636. The zero-order chi connectivity index (χ0) is 19.0. The number of nitrogens with zero attached hydrogens (tertiary/aromatic N) is 4. The number of furan rings is 1. The van der Waals surface area contributed by atoms with E-state index in [1.807, 2.05) is 6.20 Å². The second kappa shape index (κ2) is 7.27. The molecule has 4 heterocycles. The van der Waals surface area contributed by atoms with Gasteiger partial charge >= 0.3 is 0 Å². The first-order chi connectivity index (χ1) is 12.9. The van der Waals surface area contributed by atoms with Crippen molar-refractivity contribution in [1.82, 2.24) is 14.9 Å². The third-order valence-corrected chi connectivity index (χ3v) is 5.81. The molecule has 0 atom stereocenters. The van der Waals surface area contributed by atoms with Crippen molar-refractivity contribution in [2.75, 3.05) is 24.5 Å². The van der Waals surface area contributed by atoms with Crippen LogP contribution in [0, 0.1) is 5.92 Å². The summed E-state index contributed by atoms with van der Waals surface area (Å²) in [5, 5.41) is 0. The van der Waals surface area contributed by atoms with Crippen LogP contribution in [0.25, 0.3) is 0 Å². The van der Waals surface area contributed by atoms with Gasteiger partial charge in [0.25, 0.3) is 0 Å². The lowest BCUT2D eigenvalue weighted by Crippen LogP contribution is -2.32. The first-order valence-corrected chi connectivity index (χ1v) is 10.3. The van der Waals surface area contributed by atoms with Crippen LogP contribution < -0.4 is 4.90 Å². The highest BCUT2D eigenvalue weighted by Crippen LogP contribution is 2.27. The average Bonchev–Trinajstić information content (AvgIpc) is 3.09.